The second-order valence-electron chi connectivity index (χ2n) is 12.3. The third-order valence-electron chi connectivity index (χ3n) is 9.22. The molecule has 5 nitrogen and oxygen atoms in total. The van der Waals surface area contributed by atoms with Crippen molar-refractivity contribution < 1.29 is 4.42 Å². The minimum absolute atomic E-state index is 0.0798. The zero-order chi connectivity index (χ0) is 30.8. The molecule has 1 aliphatic carbocycles. The first-order valence-electron chi connectivity index (χ1n) is 15.5. The van der Waals surface area contributed by atoms with Crippen LogP contribution in [0.5, 0.6) is 0 Å². The van der Waals surface area contributed by atoms with Crippen LogP contribution in [0.3, 0.4) is 0 Å². The predicted octanol–water partition coefficient (Wildman–Crippen LogP) is 10.1. The Hall–Kier alpha value is -5.94. The van der Waals surface area contributed by atoms with E-state index in [1.54, 1.807) is 6.20 Å². The molecular formula is C41H28N4O. The minimum Gasteiger partial charge on any atom is -0.455 e. The van der Waals surface area contributed by atoms with E-state index in [-0.39, 0.29) is 5.41 Å². The van der Waals surface area contributed by atoms with Crippen molar-refractivity contribution in [2.24, 2.45) is 0 Å². The molecule has 0 saturated heterocycles. The monoisotopic (exact) mass is 592 g/mol. The molecule has 0 spiro atoms. The van der Waals surface area contributed by atoms with Gasteiger partial charge < -0.3 is 4.42 Å². The van der Waals surface area contributed by atoms with Crippen LogP contribution < -0.4 is 0 Å². The third-order valence-corrected chi connectivity index (χ3v) is 9.22. The molecule has 3 heterocycles. The maximum Gasteiger partial charge on any atom is 0.182 e. The standard InChI is InChI=1S/C41H28N4O/c1-41(2)33-16-7-6-13-29(33)31-23-32-30-15-10-14-28(37(30)46-36(32)24-34(31)41)25-18-20-27(21-19-25)39-43-38(26-11-4-3-5-12-26)44-40(45-39)35-17-8-9-22-42-35/h3-24H,1-2H3. The maximum atomic E-state index is 6.66. The molecule has 46 heavy (non-hydrogen) atoms. The highest BCUT2D eigenvalue weighted by atomic mass is 16.3. The van der Waals surface area contributed by atoms with E-state index in [9.17, 15) is 0 Å². The second kappa shape index (κ2) is 10.0. The number of hydrogen-bond acceptors (Lipinski definition) is 5. The summed E-state index contributed by atoms with van der Waals surface area (Å²) in [6.07, 6.45) is 1.75. The van der Waals surface area contributed by atoms with Gasteiger partial charge in [0.15, 0.2) is 17.5 Å². The Morgan fingerprint density at radius 2 is 1.17 bits per heavy atom. The molecule has 0 bridgehead atoms. The number of pyridine rings is 1. The molecule has 5 aromatic carbocycles. The van der Waals surface area contributed by atoms with Crippen molar-refractivity contribution in [3.05, 3.63) is 145 Å². The second-order valence-corrected chi connectivity index (χ2v) is 12.3. The predicted molar refractivity (Wildman–Crippen MR) is 184 cm³/mol. The molecule has 0 radical (unpaired) electrons. The Kier molecular flexibility index (Phi) is 5.78. The average Bonchev–Trinajstić information content (AvgIpc) is 3.59. The third kappa shape index (κ3) is 4.09. The smallest absolute Gasteiger partial charge is 0.182 e. The van der Waals surface area contributed by atoms with E-state index in [1.807, 2.05) is 48.5 Å². The number of benzene rings is 5. The van der Waals surface area contributed by atoms with Gasteiger partial charge in [-0.2, -0.15) is 0 Å². The normalized spacial score (nSPS) is 13.2. The van der Waals surface area contributed by atoms with E-state index in [2.05, 4.69) is 97.7 Å². The van der Waals surface area contributed by atoms with Crippen molar-refractivity contribution in [3.63, 3.8) is 0 Å². The van der Waals surface area contributed by atoms with Crippen molar-refractivity contribution >= 4 is 21.9 Å². The van der Waals surface area contributed by atoms with Crippen LogP contribution in [-0.2, 0) is 5.41 Å². The summed E-state index contributed by atoms with van der Waals surface area (Å²) in [6, 6.07) is 43.8. The van der Waals surface area contributed by atoms with Gasteiger partial charge in [0.05, 0.1) is 0 Å². The van der Waals surface area contributed by atoms with Gasteiger partial charge in [-0.05, 0) is 52.1 Å². The van der Waals surface area contributed by atoms with Gasteiger partial charge in [-0.25, -0.2) is 15.0 Å². The largest absolute Gasteiger partial charge is 0.455 e. The van der Waals surface area contributed by atoms with Crippen LogP contribution in [-0.4, -0.2) is 19.9 Å². The van der Waals surface area contributed by atoms with E-state index in [0.29, 0.717) is 23.2 Å². The van der Waals surface area contributed by atoms with Gasteiger partial charge in [-0.15, -0.1) is 0 Å². The van der Waals surface area contributed by atoms with E-state index in [4.69, 9.17) is 19.4 Å². The molecule has 0 atom stereocenters. The Labute approximate surface area is 266 Å². The van der Waals surface area contributed by atoms with Gasteiger partial charge in [0.2, 0.25) is 0 Å². The van der Waals surface area contributed by atoms with Crippen molar-refractivity contribution in [1.29, 1.82) is 0 Å². The van der Waals surface area contributed by atoms with Crippen LogP contribution in [0.2, 0.25) is 0 Å². The first kappa shape index (κ1) is 26.5. The Bertz CT molecular complexity index is 2370. The first-order valence-corrected chi connectivity index (χ1v) is 15.5. The summed E-state index contributed by atoms with van der Waals surface area (Å²) in [4.78, 5) is 19.0. The lowest BCUT2D eigenvalue weighted by Gasteiger charge is -2.21. The van der Waals surface area contributed by atoms with Crippen molar-refractivity contribution in [2.45, 2.75) is 19.3 Å². The van der Waals surface area contributed by atoms with Gasteiger partial charge >= 0.3 is 0 Å². The number of furan rings is 1. The van der Waals surface area contributed by atoms with E-state index >= 15 is 0 Å². The van der Waals surface area contributed by atoms with Crippen LogP contribution in [0.4, 0.5) is 0 Å². The van der Waals surface area contributed by atoms with Crippen molar-refractivity contribution in [1.82, 2.24) is 19.9 Å². The van der Waals surface area contributed by atoms with E-state index in [1.165, 1.54) is 22.3 Å². The van der Waals surface area contributed by atoms with Crippen molar-refractivity contribution in [2.75, 3.05) is 0 Å². The van der Waals surface area contributed by atoms with Crippen LogP contribution in [0.25, 0.3) is 78.5 Å². The number of hydrogen-bond donors (Lipinski definition) is 0. The SMILES string of the molecule is CC1(C)c2ccccc2-c2cc3c(cc21)oc1c(-c2ccc(-c4nc(-c5ccccc5)nc(-c5ccccn5)n4)cc2)cccc13. The van der Waals surface area contributed by atoms with E-state index < -0.39 is 0 Å². The summed E-state index contributed by atoms with van der Waals surface area (Å²) < 4.78 is 6.66. The lowest BCUT2D eigenvalue weighted by Crippen LogP contribution is -2.14. The zero-order valence-electron chi connectivity index (χ0n) is 25.4. The van der Waals surface area contributed by atoms with Gasteiger partial charge in [-0.3, -0.25) is 4.98 Å². The molecule has 0 N–H and O–H groups in total. The molecule has 1 aliphatic rings. The molecule has 0 fully saturated rings. The molecule has 0 saturated carbocycles. The minimum atomic E-state index is -0.0798. The van der Waals surface area contributed by atoms with Crippen LogP contribution in [0, 0.1) is 0 Å². The van der Waals surface area contributed by atoms with Gasteiger partial charge in [-0.1, -0.05) is 117 Å². The maximum absolute atomic E-state index is 6.66. The molecule has 0 amide bonds. The number of para-hydroxylation sites is 1. The van der Waals surface area contributed by atoms with Gasteiger partial charge in [0.25, 0.3) is 0 Å². The van der Waals surface area contributed by atoms with Gasteiger partial charge in [0.1, 0.15) is 16.9 Å². The summed E-state index contributed by atoms with van der Waals surface area (Å²) in [5, 5.41) is 2.26. The summed E-state index contributed by atoms with van der Waals surface area (Å²) in [5.74, 6) is 1.75. The lowest BCUT2D eigenvalue weighted by molar-refractivity contribution is 0.648. The van der Waals surface area contributed by atoms with Crippen LogP contribution in [0.1, 0.15) is 25.0 Å². The highest BCUT2D eigenvalue weighted by molar-refractivity contribution is 6.11. The van der Waals surface area contributed by atoms with Gasteiger partial charge in [0, 0.05) is 39.1 Å². The molecule has 8 aromatic rings. The number of fused-ring (bicyclic) bond motifs is 6. The molecule has 9 rings (SSSR count). The molecule has 0 aliphatic heterocycles. The fraction of sp³-hybridized carbons (Fsp3) is 0.0732. The Morgan fingerprint density at radius 3 is 1.96 bits per heavy atom. The highest BCUT2D eigenvalue weighted by Crippen LogP contribution is 2.51. The molecule has 3 aromatic heterocycles. The average molecular weight is 593 g/mol. The first-order chi connectivity index (χ1) is 22.5. The molecule has 0 unspecified atom stereocenters. The Balaban J connectivity index is 1.14. The van der Waals surface area contributed by atoms with E-state index in [0.717, 1.165) is 44.2 Å². The zero-order valence-corrected chi connectivity index (χ0v) is 25.4. The quantitative estimate of drug-likeness (QED) is 0.203. The topological polar surface area (TPSA) is 64.7 Å². The van der Waals surface area contributed by atoms with Crippen LogP contribution in [0.15, 0.2) is 138 Å². The summed E-state index contributed by atoms with van der Waals surface area (Å²) in [5.41, 5.74) is 11.6. The molecule has 218 valence electrons. The molecule has 5 heteroatoms. The molecular weight excluding hydrogens is 564 g/mol. The summed E-state index contributed by atoms with van der Waals surface area (Å²) in [7, 11) is 0. The fourth-order valence-corrected chi connectivity index (χ4v) is 6.85. The number of rotatable bonds is 4. The fourth-order valence-electron chi connectivity index (χ4n) is 6.85. The summed E-state index contributed by atoms with van der Waals surface area (Å²) in [6.45, 7) is 4.60. The lowest BCUT2D eigenvalue weighted by atomic mass is 9.82. The summed E-state index contributed by atoms with van der Waals surface area (Å²) >= 11 is 0. The van der Waals surface area contributed by atoms with Crippen molar-refractivity contribution in [3.8, 4) is 56.5 Å². The highest BCUT2D eigenvalue weighted by Gasteiger charge is 2.36. The van der Waals surface area contributed by atoms with Crippen LogP contribution >= 0.6 is 0 Å². The number of nitrogens with zero attached hydrogens (tertiary/aromatic N) is 4. The number of aromatic nitrogens is 4. The Morgan fingerprint density at radius 1 is 0.500 bits per heavy atom.